The van der Waals surface area contributed by atoms with Gasteiger partial charge in [0.15, 0.2) is 0 Å². The van der Waals surface area contributed by atoms with Crippen molar-refractivity contribution in [3.8, 4) is 0 Å². The number of carbonyl (C=O) groups excluding carboxylic acids is 1. The molecule has 4 heteroatoms. The van der Waals surface area contributed by atoms with Gasteiger partial charge in [-0.25, -0.2) is 0 Å². The van der Waals surface area contributed by atoms with Gasteiger partial charge in [0.25, 0.3) is 0 Å². The highest BCUT2D eigenvalue weighted by atomic mass is 16.5. The molecule has 0 radical (unpaired) electrons. The number of hydrogen-bond donors (Lipinski definition) is 1. The van der Waals surface area contributed by atoms with E-state index >= 15 is 0 Å². The predicted molar refractivity (Wildman–Crippen MR) is 66.2 cm³/mol. The fourth-order valence-electron chi connectivity index (χ4n) is 1.99. The molecule has 0 aromatic heterocycles. The van der Waals surface area contributed by atoms with Gasteiger partial charge in [-0.2, -0.15) is 0 Å². The molecule has 92 valence electrons. The fourth-order valence-corrected chi connectivity index (χ4v) is 1.99. The van der Waals surface area contributed by atoms with Crippen molar-refractivity contribution in [2.24, 2.45) is 0 Å². The highest BCUT2D eigenvalue weighted by molar-refractivity contribution is 5.78. The molecular formula is C13H18N2O2. The second kappa shape index (κ2) is 5.19. The van der Waals surface area contributed by atoms with Crippen LogP contribution in [0.4, 0.5) is 5.69 Å². The van der Waals surface area contributed by atoms with Crippen LogP contribution in [0.5, 0.6) is 0 Å². The van der Waals surface area contributed by atoms with Gasteiger partial charge in [-0.3, -0.25) is 4.79 Å². The lowest BCUT2D eigenvalue weighted by Gasteiger charge is -2.15. The average molecular weight is 234 g/mol. The summed E-state index contributed by atoms with van der Waals surface area (Å²) in [6.45, 7) is 4.16. The van der Waals surface area contributed by atoms with Crippen molar-refractivity contribution in [1.29, 1.82) is 0 Å². The molecule has 0 fully saturated rings. The fraction of sp³-hybridized carbons (Fsp3) is 0.462. The van der Waals surface area contributed by atoms with Gasteiger partial charge in [0.05, 0.1) is 0 Å². The van der Waals surface area contributed by atoms with E-state index in [1.165, 1.54) is 5.56 Å². The van der Waals surface area contributed by atoms with Gasteiger partial charge in [0.1, 0.15) is 6.61 Å². The first kappa shape index (κ1) is 11.9. The number of carbonyl (C=O) groups is 1. The number of rotatable bonds is 4. The first-order valence-electron chi connectivity index (χ1n) is 5.93. The summed E-state index contributed by atoms with van der Waals surface area (Å²) < 4.78 is 5.26. The van der Waals surface area contributed by atoms with Crippen molar-refractivity contribution in [2.75, 3.05) is 18.9 Å². The van der Waals surface area contributed by atoms with Crippen LogP contribution < -0.4 is 5.73 Å². The lowest BCUT2D eigenvalue weighted by Crippen LogP contribution is -2.29. The number of anilines is 1. The normalized spacial score (nSPS) is 13.8. The van der Waals surface area contributed by atoms with E-state index in [-0.39, 0.29) is 12.5 Å². The van der Waals surface area contributed by atoms with Crippen molar-refractivity contribution >= 4 is 11.6 Å². The van der Waals surface area contributed by atoms with Crippen molar-refractivity contribution in [3.63, 3.8) is 0 Å². The Hall–Kier alpha value is -1.55. The van der Waals surface area contributed by atoms with Crippen molar-refractivity contribution in [2.45, 2.75) is 26.4 Å². The van der Waals surface area contributed by atoms with E-state index in [9.17, 15) is 4.79 Å². The first-order valence-corrected chi connectivity index (χ1v) is 5.93. The summed E-state index contributed by atoms with van der Waals surface area (Å²) in [5.41, 5.74) is 8.80. The van der Waals surface area contributed by atoms with Crippen LogP contribution >= 0.6 is 0 Å². The minimum atomic E-state index is 0.0493. The summed E-state index contributed by atoms with van der Waals surface area (Å²) >= 11 is 0. The van der Waals surface area contributed by atoms with Crippen LogP contribution in [0.25, 0.3) is 0 Å². The van der Waals surface area contributed by atoms with E-state index in [1.807, 2.05) is 25.1 Å². The van der Waals surface area contributed by atoms with E-state index in [0.29, 0.717) is 19.7 Å². The molecule has 0 unspecified atom stereocenters. The third kappa shape index (κ3) is 2.77. The second-order valence-corrected chi connectivity index (χ2v) is 4.33. The minimum absolute atomic E-state index is 0.0493. The Bertz CT molecular complexity index is 418. The molecule has 1 aliphatic rings. The van der Waals surface area contributed by atoms with Crippen LogP contribution in [0.15, 0.2) is 18.2 Å². The molecule has 1 amide bonds. The molecule has 2 N–H and O–H groups in total. The van der Waals surface area contributed by atoms with Crippen LogP contribution in [0.3, 0.4) is 0 Å². The second-order valence-electron chi connectivity index (χ2n) is 4.33. The number of benzene rings is 1. The maximum Gasteiger partial charge on any atom is 0.249 e. The molecule has 0 saturated carbocycles. The summed E-state index contributed by atoms with van der Waals surface area (Å²) in [5, 5.41) is 0. The van der Waals surface area contributed by atoms with Crippen molar-refractivity contribution in [3.05, 3.63) is 29.3 Å². The van der Waals surface area contributed by atoms with E-state index < -0.39 is 0 Å². The summed E-state index contributed by atoms with van der Waals surface area (Å²) in [5.74, 6) is 0.0493. The molecule has 4 nitrogen and oxygen atoms in total. The van der Waals surface area contributed by atoms with Gasteiger partial charge in [-0.05, 0) is 29.7 Å². The molecule has 0 aliphatic carbocycles. The zero-order chi connectivity index (χ0) is 12.3. The average Bonchev–Trinajstić information content (AvgIpc) is 2.72. The van der Waals surface area contributed by atoms with Gasteiger partial charge in [-0.1, -0.05) is 13.0 Å². The van der Waals surface area contributed by atoms with E-state index in [0.717, 1.165) is 17.7 Å². The van der Waals surface area contributed by atoms with Crippen LogP contribution in [0.2, 0.25) is 0 Å². The monoisotopic (exact) mass is 234 g/mol. The lowest BCUT2D eigenvalue weighted by molar-refractivity contribution is -0.136. The van der Waals surface area contributed by atoms with Crippen LogP contribution in [0.1, 0.15) is 24.5 Å². The van der Waals surface area contributed by atoms with Crippen LogP contribution in [-0.2, 0) is 22.6 Å². The molecule has 1 aliphatic heterocycles. The topological polar surface area (TPSA) is 55.6 Å². The summed E-state index contributed by atoms with van der Waals surface area (Å²) in [7, 11) is 0. The Morgan fingerprint density at radius 3 is 2.94 bits per heavy atom. The summed E-state index contributed by atoms with van der Waals surface area (Å²) in [4.78, 5) is 13.6. The standard InChI is InChI=1S/C13H18N2O2/c1-2-5-17-9-13(16)15-7-10-3-4-12(14)6-11(10)8-15/h3-4,6H,2,5,7-9,14H2,1H3. The third-order valence-corrected chi connectivity index (χ3v) is 2.88. The van der Waals surface area contributed by atoms with Crippen LogP contribution in [-0.4, -0.2) is 24.0 Å². The lowest BCUT2D eigenvalue weighted by atomic mass is 10.1. The SMILES string of the molecule is CCCOCC(=O)N1Cc2ccc(N)cc2C1. The maximum atomic E-state index is 11.8. The van der Waals surface area contributed by atoms with E-state index in [2.05, 4.69) is 0 Å². The molecule has 1 aromatic rings. The van der Waals surface area contributed by atoms with Crippen LogP contribution in [0, 0.1) is 0 Å². The van der Waals surface area contributed by atoms with Gasteiger partial charge in [-0.15, -0.1) is 0 Å². The number of nitrogen functional groups attached to an aromatic ring is 1. The predicted octanol–water partition coefficient (Wildman–Crippen LogP) is 1.54. The minimum Gasteiger partial charge on any atom is -0.399 e. The zero-order valence-electron chi connectivity index (χ0n) is 10.1. The summed E-state index contributed by atoms with van der Waals surface area (Å²) in [6, 6.07) is 5.81. The zero-order valence-corrected chi connectivity index (χ0v) is 10.1. The summed E-state index contributed by atoms with van der Waals surface area (Å²) in [6.07, 6.45) is 0.935. The molecule has 0 spiro atoms. The Kier molecular flexibility index (Phi) is 3.64. The molecule has 0 atom stereocenters. The highest BCUT2D eigenvalue weighted by Crippen LogP contribution is 2.24. The van der Waals surface area contributed by atoms with Gasteiger partial charge in [0, 0.05) is 25.4 Å². The van der Waals surface area contributed by atoms with Crippen molar-refractivity contribution < 1.29 is 9.53 Å². The number of hydrogen-bond acceptors (Lipinski definition) is 3. The highest BCUT2D eigenvalue weighted by Gasteiger charge is 2.22. The number of nitrogens with zero attached hydrogens (tertiary/aromatic N) is 1. The first-order chi connectivity index (χ1) is 8.20. The molecule has 2 rings (SSSR count). The molecule has 0 saturated heterocycles. The third-order valence-electron chi connectivity index (χ3n) is 2.88. The van der Waals surface area contributed by atoms with Crippen molar-refractivity contribution in [1.82, 2.24) is 4.90 Å². The maximum absolute atomic E-state index is 11.8. The Labute approximate surface area is 101 Å². The molecule has 1 aromatic carbocycles. The quantitative estimate of drug-likeness (QED) is 0.635. The van der Waals surface area contributed by atoms with E-state index in [1.54, 1.807) is 4.90 Å². The number of fused-ring (bicyclic) bond motifs is 1. The Balaban J connectivity index is 1.93. The Morgan fingerprint density at radius 2 is 2.18 bits per heavy atom. The molecule has 17 heavy (non-hydrogen) atoms. The molecule has 1 heterocycles. The van der Waals surface area contributed by atoms with Gasteiger partial charge < -0.3 is 15.4 Å². The number of amides is 1. The largest absolute Gasteiger partial charge is 0.399 e. The van der Waals surface area contributed by atoms with E-state index in [4.69, 9.17) is 10.5 Å². The number of ether oxygens (including phenoxy) is 1. The Morgan fingerprint density at radius 1 is 1.41 bits per heavy atom. The smallest absolute Gasteiger partial charge is 0.249 e. The van der Waals surface area contributed by atoms with Gasteiger partial charge >= 0.3 is 0 Å². The molecular weight excluding hydrogens is 216 g/mol. The van der Waals surface area contributed by atoms with Gasteiger partial charge in [0.2, 0.25) is 5.91 Å². The number of nitrogens with two attached hydrogens (primary N) is 1. The molecule has 0 bridgehead atoms.